The van der Waals surface area contributed by atoms with Crippen LogP contribution in [0.3, 0.4) is 0 Å². The first-order chi connectivity index (χ1) is 13.6. The van der Waals surface area contributed by atoms with Gasteiger partial charge in [0.25, 0.3) is 0 Å². The third-order valence-electron chi connectivity index (χ3n) is 5.89. The summed E-state index contributed by atoms with van der Waals surface area (Å²) >= 11 is 0. The molecule has 4 heterocycles. The molecule has 1 atom stereocenters. The molecule has 8 heteroatoms. The smallest absolute Gasteiger partial charge is 0.385 e. The highest BCUT2D eigenvalue weighted by Gasteiger charge is 2.37. The first kappa shape index (κ1) is 18.7. The summed E-state index contributed by atoms with van der Waals surface area (Å²) in [6, 6.07) is 6.14. The van der Waals surface area contributed by atoms with Gasteiger partial charge in [0.15, 0.2) is 5.69 Å². The van der Waals surface area contributed by atoms with Gasteiger partial charge in [-0.15, -0.1) is 0 Å². The van der Waals surface area contributed by atoms with Crippen LogP contribution in [-0.4, -0.2) is 52.9 Å². The van der Waals surface area contributed by atoms with Crippen LogP contribution in [0.2, 0.25) is 0 Å². The molecule has 2 aromatic rings. The summed E-state index contributed by atoms with van der Waals surface area (Å²) in [5.41, 5.74) is 7.00. The van der Waals surface area contributed by atoms with Crippen molar-refractivity contribution in [3.05, 3.63) is 23.9 Å². The van der Waals surface area contributed by atoms with E-state index in [9.17, 15) is 9.59 Å². The maximum absolute atomic E-state index is 12.5. The minimum Gasteiger partial charge on any atom is -0.385 e. The van der Waals surface area contributed by atoms with Gasteiger partial charge in [-0.05, 0) is 56.5 Å². The molecule has 3 saturated heterocycles. The van der Waals surface area contributed by atoms with E-state index in [1.54, 1.807) is 0 Å². The number of carbonyl (C=O) groups is 2. The van der Waals surface area contributed by atoms with E-state index >= 15 is 0 Å². The summed E-state index contributed by atoms with van der Waals surface area (Å²) in [5, 5.41) is 8.66. The van der Waals surface area contributed by atoms with Gasteiger partial charge in [-0.1, -0.05) is 13.3 Å². The number of nitrogens with one attached hydrogen (secondary N) is 1. The molecular formula is C20H27N5O3. The van der Waals surface area contributed by atoms with Gasteiger partial charge in [-0.2, -0.15) is 5.10 Å². The van der Waals surface area contributed by atoms with Crippen molar-refractivity contribution in [2.24, 2.45) is 11.7 Å². The Hall–Kier alpha value is -2.61. The number of nitrogens with zero attached hydrogens (tertiary/aromatic N) is 3. The minimum absolute atomic E-state index is 0.143. The van der Waals surface area contributed by atoms with Gasteiger partial charge < -0.3 is 20.7 Å². The summed E-state index contributed by atoms with van der Waals surface area (Å²) in [6.07, 6.45) is 3.33. The quantitative estimate of drug-likeness (QED) is 0.450. The molecule has 8 nitrogen and oxygen atoms in total. The van der Waals surface area contributed by atoms with Gasteiger partial charge in [0.1, 0.15) is 0 Å². The molecule has 0 saturated carbocycles. The van der Waals surface area contributed by atoms with Crippen LogP contribution in [0.1, 0.15) is 49.1 Å². The van der Waals surface area contributed by atoms with E-state index in [1.807, 2.05) is 22.9 Å². The second-order valence-corrected chi connectivity index (χ2v) is 7.72. The topological polar surface area (TPSA) is 102 Å². The van der Waals surface area contributed by atoms with Gasteiger partial charge in [0.05, 0.1) is 11.6 Å². The summed E-state index contributed by atoms with van der Waals surface area (Å²) in [7, 11) is 0. The molecule has 3 aliphatic rings. The molecular weight excluding hydrogens is 358 g/mol. The Kier molecular flexibility index (Phi) is 5.21. The van der Waals surface area contributed by atoms with Gasteiger partial charge in [0, 0.05) is 24.2 Å². The Labute approximate surface area is 164 Å². The van der Waals surface area contributed by atoms with Crippen LogP contribution in [0, 0.1) is 5.92 Å². The minimum atomic E-state index is -1.12. The molecule has 2 bridgehead atoms. The monoisotopic (exact) mass is 385 g/mol. The molecule has 28 heavy (non-hydrogen) atoms. The predicted molar refractivity (Wildman–Crippen MR) is 106 cm³/mol. The van der Waals surface area contributed by atoms with E-state index in [0.717, 1.165) is 63.1 Å². The second kappa shape index (κ2) is 7.79. The van der Waals surface area contributed by atoms with Crippen molar-refractivity contribution in [2.45, 2.75) is 38.6 Å². The van der Waals surface area contributed by atoms with Crippen molar-refractivity contribution < 1.29 is 14.3 Å². The lowest BCUT2D eigenvalue weighted by atomic mass is 9.84. The van der Waals surface area contributed by atoms with Crippen molar-refractivity contribution >= 4 is 28.7 Å². The SMILES string of the molecule is CCCCNc1ccc2c(c1)c(C(=O)OC(N)=O)nn2[C@H]1CN2CCC1CC2. The number of anilines is 1. The van der Waals surface area contributed by atoms with Crippen LogP contribution in [0.15, 0.2) is 18.2 Å². The molecule has 3 aliphatic heterocycles. The lowest BCUT2D eigenvalue weighted by molar-refractivity contribution is 0.0518. The fraction of sp³-hybridized carbons (Fsp3) is 0.550. The average Bonchev–Trinajstić information content (AvgIpc) is 3.07. The molecule has 0 aliphatic carbocycles. The van der Waals surface area contributed by atoms with Crippen molar-refractivity contribution in [3.8, 4) is 0 Å². The average molecular weight is 385 g/mol. The fourth-order valence-electron chi connectivity index (χ4n) is 4.41. The van der Waals surface area contributed by atoms with Gasteiger partial charge in [-0.3, -0.25) is 4.68 Å². The lowest BCUT2D eigenvalue weighted by Gasteiger charge is -2.44. The third kappa shape index (κ3) is 3.56. The van der Waals surface area contributed by atoms with Gasteiger partial charge in [-0.25, -0.2) is 9.59 Å². The highest BCUT2D eigenvalue weighted by atomic mass is 16.6. The summed E-state index contributed by atoms with van der Waals surface area (Å²) in [5.74, 6) is -0.251. The number of hydrogen-bond donors (Lipinski definition) is 2. The van der Waals surface area contributed by atoms with Crippen LogP contribution in [-0.2, 0) is 4.74 Å². The van der Waals surface area contributed by atoms with E-state index < -0.39 is 12.1 Å². The largest absolute Gasteiger partial charge is 0.412 e. The van der Waals surface area contributed by atoms with Crippen LogP contribution in [0.4, 0.5) is 10.5 Å². The Bertz CT molecular complexity index is 885. The Morgan fingerprint density at radius 1 is 1.32 bits per heavy atom. The molecule has 1 amide bonds. The summed E-state index contributed by atoms with van der Waals surface area (Å²) < 4.78 is 6.60. The van der Waals surface area contributed by atoms with Crippen molar-refractivity contribution in [2.75, 3.05) is 31.5 Å². The number of aromatic nitrogens is 2. The fourth-order valence-corrected chi connectivity index (χ4v) is 4.41. The molecule has 3 fully saturated rings. The molecule has 5 rings (SSSR count). The first-order valence-electron chi connectivity index (χ1n) is 10.1. The predicted octanol–water partition coefficient (Wildman–Crippen LogP) is 2.75. The number of ether oxygens (including phenoxy) is 1. The van der Waals surface area contributed by atoms with E-state index in [4.69, 9.17) is 5.73 Å². The number of esters is 1. The highest BCUT2D eigenvalue weighted by molar-refractivity contribution is 6.06. The van der Waals surface area contributed by atoms with Gasteiger partial charge >= 0.3 is 12.1 Å². The van der Waals surface area contributed by atoms with Crippen molar-refractivity contribution in [1.82, 2.24) is 14.7 Å². The molecule has 150 valence electrons. The highest BCUT2D eigenvalue weighted by Crippen LogP contribution is 2.38. The van der Waals surface area contributed by atoms with Crippen LogP contribution in [0.25, 0.3) is 10.9 Å². The number of benzene rings is 1. The maximum atomic E-state index is 12.5. The van der Waals surface area contributed by atoms with Crippen LogP contribution in [0.5, 0.6) is 0 Å². The number of carbonyl (C=O) groups excluding carboxylic acids is 2. The van der Waals surface area contributed by atoms with Crippen molar-refractivity contribution in [1.29, 1.82) is 0 Å². The van der Waals surface area contributed by atoms with E-state index in [2.05, 4.69) is 27.0 Å². The van der Waals surface area contributed by atoms with Crippen LogP contribution >= 0.6 is 0 Å². The standard InChI is InChI=1S/C20H27N5O3/c1-2-3-8-22-14-4-5-16-15(11-14)18(19(26)28-20(21)27)23-25(16)17-12-24-9-6-13(17)7-10-24/h4-5,11,13,17,22H,2-3,6-10,12H2,1H3,(H2,21,27)/t17-/m0/s1. The Balaban J connectivity index is 1.73. The summed E-state index contributed by atoms with van der Waals surface area (Å²) in [6.45, 7) is 6.19. The zero-order chi connectivity index (χ0) is 19.7. The van der Waals surface area contributed by atoms with Crippen LogP contribution < -0.4 is 11.1 Å². The number of piperidine rings is 3. The second-order valence-electron chi connectivity index (χ2n) is 7.72. The number of rotatable bonds is 6. The maximum Gasteiger partial charge on any atom is 0.412 e. The number of nitrogens with two attached hydrogens (primary N) is 1. The van der Waals surface area contributed by atoms with E-state index in [-0.39, 0.29) is 11.7 Å². The van der Waals surface area contributed by atoms with Gasteiger partial charge in [0.2, 0.25) is 0 Å². The number of primary amides is 1. The zero-order valence-corrected chi connectivity index (χ0v) is 16.2. The Morgan fingerprint density at radius 2 is 2.11 bits per heavy atom. The molecule has 3 N–H and O–H groups in total. The first-order valence-corrected chi connectivity index (χ1v) is 10.1. The van der Waals surface area contributed by atoms with E-state index in [0.29, 0.717) is 11.3 Å². The Morgan fingerprint density at radius 3 is 2.75 bits per heavy atom. The molecule has 0 unspecified atom stereocenters. The molecule has 1 aromatic heterocycles. The molecule has 1 aromatic carbocycles. The molecule has 0 spiro atoms. The van der Waals surface area contributed by atoms with Crippen molar-refractivity contribution in [3.63, 3.8) is 0 Å². The third-order valence-corrected chi connectivity index (χ3v) is 5.89. The number of hydrogen-bond acceptors (Lipinski definition) is 6. The molecule has 0 radical (unpaired) electrons. The summed E-state index contributed by atoms with van der Waals surface area (Å²) in [4.78, 5) is 26.0. The number of unbranched alkanes of at least 4 members (excludes halogenated alkanes) is 1. The lowest BCUT2D eigenvalue weighted by Crippen LogP contribution is -2.48. The number of fused-ring (bicyclic) bond motifs is 4. The zero-order valence-electron chi connectivity index (χ0n) is 16.2. The normalized spacial score (nSPS) is 23.7. The van der Waals surface area contributed by atoms with E-state index in [1.165, 1.54) is 0 Å². The number of amides is 1.